The van der Waals surface area contributed by atoms with Crippen LogP contribution in [0.5, 0.6) is 0 Å². The zero-order valence-electron chi connectivity index (χ0n) is 16.2. The third kappa shape index (κ3) is 4.13. The molecule has 1 fully saturated rings. The molecule has 1 aromatic heterocycles. The van der Waals surface area contributed by atoms with E-state index < -0.39 is 10.8 Å². The van der Waals surface area contributed by atoms with E-state index in [2.05, 4.69) is 20.9 Å². The maximum Gasteiger partial charge on any atom is 0.123 e. The Labute approximate surface area is 167 Å². The fourth-order valence-electron chi connectivity index (χ4n) is 4.02. The van der Waals surface area contributed by atoms with Crippen molar-refractivity contribution in [2.75, 3.05) is 43.9 Å². The normalized spacial score (nSPS) is 16.6. The Bertz CT molecular complexity index is 979. The highest BCUT2D eigenvalue weighted by molar-refractivity contribution is 7.84. The summed E-state index contributed by atoms with van der Waals surface area (Å²) in [5, 5.41) is 0.994. The molecule has 28 heavy (non-hydrogen) atoms. The average Bonchev–Trinajstić information content (AvgIpc) is 3.10. The number of nitrogens with one attached hydrogen (secondary N) is 1. The Morgan fingerprint density at radius 2 is 1.89 bits per heavy atom. The van der Waals surface area contributed by atoms with Crippen LogP contribution in [0.25, 0.3) is 10.9 Å². The van der Waals surface area contributed by atoms with E-state index in [1.807, 2.05) is 24.4 Å². The van der Waals surface area contributed by atoms with Gasteiger partial charge in [-0.05, 0) is 55.3 Å². The first-order valence-electron chi connectivity index (χ1n) is 9.77. The molecule has 0 radical (unpaired) electrons. The van der Waals surface area contributed by atoms with Crippen molar-refractivity contribution in [2.24, 2.45) is 0 Å². The standard InChI is InChI=1S/C22H26FN3OS/c1-28(27)22-7-3-2-6-21(22)26-13-11-25(12-14-26)10-4-5-17-16-24-20-9-8-18(23)15-19(17)20/h2-3,6-9,15-16,24H,4-5,10-14H2,1H3. The molecule has 1 aliphatic rings. The number of halogens is 1. The minimum Gasteiger partial charge on any atom is -0.368 e. The van der Waals surface area contributed by atoms with Gasteiger partial charge in [0.15, 0.2) is 0 Å². The number of aryl methyl sites for hydroxylation is 1. The Hall–Kier alpha value is -2.18. The van der Waals surface area contributed by atoms with E-state index in [4.69, 9.17) is 0 Å². The first kappa shape index (κ1) is 19.2. The van der Waals surface area contributed by atoms with E-state index in [0.29, 0.717) is 0 Å². The highest BCUT2D eigenvalue weighted by Gasteiger charge is 2.19. The largest absolute Gasteiger partial charge is 0.368 e. The van der Waals surface area contributed by atoms with Gasteiger partial charge < -0.3 is 9.88 Å². The fraction of sp³-hybridized carbons (Fsp3) is 0.364. The van der Waals surface area contributed by atoms with E-state index in [1.165, 1.54) is 11.6 Å². The molecule has 1 saturated heterocycles. The maximum atomic E-state index is 13.5. The minimum atomic E-state index is -0.971. The van der Waals surface area contributed by atoms with Gasteiger partial charge >= 0.3 is 0 Å². The first-order valence-corrected chi connectivity index (χ1v) is 11.3. The summed E-state index contributed by atoms with van der Waals surface area (Å²) in [6.07, 6.45) is 5.75. The van der Waals surface area contributed by atoms with Crippen LogP contribution in [0, 0.1) is 5.82 Å². The summed E-state index contributed by atoms with van der Waals surface area (Å²) in [5.41, 5.74) is 3.29. The van der Waals surface area contributed by atoms with Crippen LogP contribution < -0.4 is 4.90 Å². The SMILES string of the molecule is CS(=O)c1ccccc1N1CCN(CCCc2c[nH]c3ccc(F)cc23)CC1. The number of piperazine rings is 1. The van der Waals surface area contributed by atoms with Gasteiger partial charge in [-0.15, -0.1) is 0 Å². The highest BCUT2D eigenvalue weighted by atomic mass is 32.2. The lowest BCUT2D eigenvalue weighted by atomic mass is 10.1. The van der Waals surface area contributed by atoms with Gasteiger partial charge in [-0.25, -0.2) is 4.39 Å². The predicted octanol–water partition coefficient (Wildman–Crippen LogP) is 3.80. The Balaban J connectivity index is 1.30. The Morgan fingerprint density at radius 1 is 1.11 bits per heavy atom. The number of nitrogens with zero attached hydrogens (tertiary/aromatic N) is 2. The number of para-hydroxylation sites is 1. The zero-order chi connectivity index (χ0) is 19.5. The summed E-state index contributed by atoms with van der Waals surface area (Å²) in [6.45, 7) is 4.95. The van der Waals surface area contributed by atoms with Crippen LogP contribution >= 0.6 is 0 Å². The van der Waals surface area contributed by atoms with Crippen LogP contribution in [0.15, 0.2) is 53.6 Å². The number of H-pyrrole nitrogens is 1. The van der Waals surface area contributed by atoms with Gasteiger partial charge in [-0.3, -0.25) is 9.11 Å². The van der Waals surface area contributed by atoms with Gasteiger partial charge in [-0.1, -0.05) is 12.1 Å². The monoisotopic (exact) mass is 399 g/mol. The fourth-order valence-corrected chi connectivity index (χ4v) is 4.79. The molecule has 0 aliphatic carbocycles. The molecule has 0 amide bonds. The number of hydrogen-bond donors (Lipinski definition) is 1. The van der Waals surface area contributed by atoms with Crippen molar-refractivity contribution in [2.45, 2.75) is 17.7 Å². The lowest BCUT2D eigenvalue weighted by Gasteiger charge is -2.36. The maximum absolute atomic E-state index is 13.5. The van der Waals surface area contributed by atoms with Crippen LogP contribution in [-0.4, -0.2) is 53.1 Å². The van der Waals surface area contributed by atoms with Crippen LogP contribution in [0.1, 0.15) is 12.0 Å². The number of aromatic amines is 1. The second-order valence-electron chi connectivity index (χ2n) is 7.36. The summed E-state index contributed by atoms with van der Waals surface area (Å²) in [4.78, 5) is 8.98. The topological polar surface area (TPSA) is 39.3 Å². The van der Waals surface area contributed by atoms with E-state index in [0.717, 1.165) is 67.1 Å². The van der Waals surface area contributed by atoms with Crippen LogP contribution in [0.3, 0.4) is 0 Å². The number of benzene rings is 2. The smallest absolute Gasteiger partial charge is 0.123 e. The molecule has 1 N–H and O–H groups in total. The quantitative estimate of drug-likeness (QED) is 0.685. The molecular weight excluding hydrogens is 373 g/mol. The lowest BCUT2D eigenvalue weighted by Crippen LogP contribution is -2.47. The third-order valence-corrected chi connectivity index (χ3v) is 6.50. The van der Waals surface area contributed by atoms with Crippen molar-refractivity contribution in [3.8, 4) is 0 Å². The third-order valence-electron chi connectivity index (χ3n) is 5.54. The summed E-state index contributed by atoms with van der Waals surface area (Å²) < 4.78 is 25.5. The van der Waals surface area contributed by atoms with Gasteiger partial charge in [0.2, 0.25) is 0 Å². The van der Waals surface area contributed by atoms with E-state index in [-0.39, 0.29) is 5.82 Å². The Kier molecular flexibility index (Phi) is 5.78. The molecule has 0 bridgehead atoms. The number of rotatable bonds is 6. The van der Waals surface area contributed by atoms with Crippen LogP contribution in [0.2, 0.25) is 0 Å². The summed E-state index contributed by atoms with van der Waals surface area (Å²) >= 11 is 0. The van der Waals surface area contributed by atoms with Gasteiger partial charge in [0.1, 0.15) is 5.82 Å². The molecule has 6 heteroatoms. The molecule has 0 saturated carbocycles. The second kappa shape index (κ2) is 8.45. The van der Waals surface area contributed by atoms with Gasteiger partial charge in [0.25, 0.3) is 0 Å². The second-order valence-corrected chi connectivity index (χ2v) is 8.71. The van der Waals surface area contributed by atoms with E-state index >= 15 is 0 Å². The van der Waals surface area contributed by atoms with Crippen LogP contribution in [0.4, 0.5) is 10.1 Å². The molecule has 2 heterocycles. The first-order chi connectivity index (χ1) is 13.6. The number of anilines is 1. The van der Waals surface area contributed by atoms with Crippen molar-refractivity contribution in [1.82, 2.24) is 9.88 Å². The molecule has 1 atom stereocenters. The molecule has 148 valence electrons. The molecule has 3 aromatic rings. The number of hydrogen-bond acceptors (Lipinski definition) is 3. The van der Waals surface area contributed by atoms with Crippen molar-refractivity contribution >= 4 is 27.4 Å². The Morgan fingerprint density at radius 3 is 2.68 bits per heavy atom. The molecule has 1 unspecified atom stereocenters. The zero-order valence-corrected chi connectivity index (χ0v) is 17.0. The molecule has 4 nitrogen and oxygen atoms in total. The van der Waals surface area contributed by atoms with E-state index in [9.17, 15) is 8.60 Å². The molecule has 0 spiro atoms. The van der Waals surface area contributed by atoms with Gasteiger partial charge in [0, 0.05) is 49.5 Å². The molecule has 1 aliphatic heterocycles. The van der Waals surface area contributed by atoms with Crippen LogP contribution in [-0.2, 0) is 17.2 Å². The van der Waals surface area contributed by atoms with Crippen molar-refractivity contribution in [1.29, 1.82) is 0 Å². The highest BCUT2D eigenvalue weighted by Crippen LogP contribution is 2.25. The number of fused-ring (bicyclic) bond motifs is 1. The average molecular weight is 400 g/mol. The molecular formula is C22H26FN3OS. The predicted molar refractivity (Wildman–Crippen MR) is 114 cm³/mol. The number of aromatic nitrogens is 1. The van der Waals surface area contributed by atoms with E-state index in [1.54, 1.807) is 18.4 Å². The molecule has 2 aromatic carbocycles. The van der Waals surface area contributed by atoms with Crippen molar-refractivity contribution in [3.63, 3.8) is 0 Å². The van der Waals surface area contributed by atoms with Gasteiger partial charge in [0.05, 0.1) is 21.4 Å². The van der Waals surface area contributed by atoms with Crippen molar-refractivity contribution < 1.29 is 8.60 Å². The minimum absolute atomic E-state index is 0.183. The summed E-state index contributed by atoms with van der Waals surface area (Å²) in [5.74, 6) is -0.183. The summed E-state index contributed by atoms with van der Waals surface area (Å²) in [6, 6.07) is 12.9. The summed E-state index contributed by atoms with van der Waals surface area (Å²) in [7, 11) is -0.971. The molecule has 4 rings (SSSR count). The van der Waals surface area contributed by atoms with Gasteiger partial charge in [-0.2, -0.15) is 0 Å². The van der Waals surface area contributed by atoms with Crippen molar-refractivity contribution in [3.05, 3.63) is 60.0 Å². The lowest BCUT2D eigenvalue weighted by molar-refractivity contribution is 0.255.